The molecule has 7 nitrogen and oxygen atoms in total. The molecule has 0 radical (unpaired) electrons. The molecule has 0 heterocycles. The van der Waals surface area contributed by atoms with Crippen molar-refractivity contribution in [2.75, 3.05) is 10.8 Å². The van der Waals surface area contributed by atoms with Crippen molar-refractivity contribution in [3.8, 4) is 0 Å². The number of halogens is 3. The minimum absolute atomic E-state index is 0.000488. The second-order valence-electron chi connectivity index (χ2n) is 12.1. The Hall–Kier alpha value is -3.56. The molecule has 252 valence electrons. The lowest BCUT2D eigenvalue weighted by Gasteiger charge is -2.35. The van der Waals surface area contributed by atoms with Gasteiger partial charge in [-0.05, 0) is 85.0 Å². The molecule has 1 aliphatic carbocycles. The quantitative estimate of drug-likeness (QED) is 0.159. The molecule has 0 spiro atoms. The lowest BCUT2D eigenvalue weighted by molar-refractivity contribution is -0.140. The van der Waals surface area contributed by atoms with E-state index >= 15 is 0 Å². The van der Waals surface area contributed by atoms with Crippen LogP contribution in [0.4, 0.5) is 5.69 Å². The average Bonchev–Trinajstić information content (AvgIpc) is 3.07. The van der Waals surface area contributed by atoms with Crippen LogP contribution in [0.25, 0.3) is 0 Å². The SMILES string of the molecule is Cc1cccc(N(CC(=O)N(Cc2ccc(Cl)c(Cl)c2)[C@H](Cc2ccccc2)C(=O)NC2CCCCC2)S(=O)(=O)c2ccc(Cl)cc2)c1. The molecule has 0 aliphatic heterocycles. The van der Waals surface area contributed by atoms with Gasteiger partial charge in [0.1, 0.15) is 12.6 Å². The van der Waals surface area contributed by atoms with Crippen molar-refractivity contribution in [3.05, 3.63) is 129 Å². The second kappa shape index (κ2) is 16.2. The zero-order valence-corrected chi connectivity index (χ0v) is 29.7. The fraction of sp³-hybridized carbons (Fsp3) is 0.297. The van der Waals surface area contributed by atoms with E-state index in [9.17, 15) is 18.0 Å². The Labute approximate surface area is 297 Å². The van der Waals surface area contributed by atoms with Crippen LogP contribution in [0, 0.1) is 6.92 Å². The Morgan fingerprint density at radius 3 is 2.19 bits per heavy atom. The zero-order valence-electron chi connectivity index (χ0n) is 26.6. The summed E-state index contributed by atoms with van der Waals surface area (Å²) in [6.45, 7) is 1.28. The van der Waals surface area contributed by atoms with Gasteiger partial charge < -0.3 is 10.2 Å². The number of amides is 2. The molecule has 1 saturated carbocycles. The molecular weight excluding hydrogens is 689 g/mol. The number of benzene rings is 4. The fourth-order valence-electron chi connectivity index (χ4n) is 5.98. The lowest BCUT2D eigenvalue weighted by atomic mass is 9.94. The highest BCUT2D eigenvalue weighted by molar-refractivity contribution is 7.92. The van der Waals surface area contributed by atoms with E-state index in [1.165, 1.54) is 29.2 Å². The minimum Gasteiger partial charge on any atom is -0.352 e. The summed E-state index contributed by atoms with van der Waals surface area (Å²) in [5.74, 6) is -0.846. The summed E-state index contributed by atoms with van der Waals surface area (Å²) in [5.41, 5.74) is 2.64. The van der Waals surface area contributed by atoms with E-state index in [1.54, 1.807) is 36.4 Å². The molecule has 1 fully saturated rings. The maximum Gasteiger partial charge on any atom is 0.264 e. The van der Waals surface area contributed by atoms with E-state index in [-0.39, 0.29) is 29.8 Å². The van der Waals surface area contributed by atoms with Crippen LogP contribution in [-0.2, 0) is 32.6 Å². The summed E-state index contributed by atoms with van der Waals surface area (Å²) in [4.78, 5) is 30.4. The number of carbonyl (C=O) groups excluding carboxylic acids is 2. The molecule has 0 unspecified atom stereocenters. The van der Waals surface area contributed by atoms with Crippen molar-refractivity contribution < 1.29 is 18.0 Å². The Kier molecular flexibility index (Phi) is 12.1. The molecule has 1 atom stereocenters. The van der Waals surface area contributed by atoms with Crippen LogP contribution in [0.2, 0.25) is 15.1 Å². The number of nitrogens with one attached hydrogen (secondary N) is 1. The first-order valence-electron chi connectivity index (χ1n) is 15.9. The number of carbonyl (C=O) groups is 2. The molecule has 0 saturated heterocycles. The van der Waals surface area contributed by atoms with Crippen molar-refractivity contribution in [2.24, 2.45) is 0 Å². The smallest absolute Gasteiger partial charge is 0.264 e. The van der Waals surface area contributed by atoms with Crippen LogP contribution in [0.1, 0.15) is 48.8 Å². The van der Waals surface area contributed by atoms with Gasteiger partial charge in [0, 0.05) is 24.0 Å². The summed E-state index contributed by atoms with van der Waals surface area (Å²) in [5, 5.41) is 4.25. The first kappa shape index (κ1) is 35.7. The maximum atomic E-state index is 14.7. The van der Waals surface area contributed by atoms with Crippen LogP contribution in [-0.4, -0.2) is 43.8 Å². The molecule has 0 aromatic heterocycles. The number of aryl methyl sites for hydroxylation is 1. The van der Waals surface area contributed by atoms with Crippen LogP contribution < -0.4 is 9.62 Å². The molecule has 48 heavy (non-hydrogen) atoms. The molecule has 5 rings (SSSR count). The van der Waals surface area contributed by atoms with Gasteiger partial charge in [-0.1, -0.05) is 103 Å². The third-order valence-electron chi connectivity index (χ3n) is 8.53. The largest absolute Gasteiger partial charge is 0.352 e. The number of sulfonamides is 1. The van der Waals surface area contributed by atoms with Gasteiger partial charge in [0.05, 0.1) is 20.6 Å². The van der Waals surface area contributed by atoms with Crippen molar-refractivity contribution in [3.63, 3.8) is 0 Å². The van der Waals surface area contributed by atoms with Crippen LogP contribution in [0.5, 0.6) is 0 Å². The standard InChI is InChI=1S/C37H38Cl3N3O4S/c1-26-9-8-14-31(21-26)43(48(46,47)32-18-16-29(38)17-19-32)25-36(44)42(24-28-15-20-33(39)34(40)22-28)35(23-27-10-4-2-5-11-27)37(45)41-30-12-6-3-7-13-30/h2,4-5,8-11,14-22,30,35H,3,6-7,12-13,23-25H2,1H3,(H,41,45)/t35-/m1/s1. The lowest BCUT2D eigenvalue weighted by Crippen LogP contribution is -2.55. The molecule has 11 heteroatoms. The van der Waals surface area contributed by atoms with Gasteiger partial charge >= 0.3 is 0 Å². The number of anilines is 1. The van der Waals surface area contributed by atoms with E-state index in [4.69, 9.17) is 34.8 Å². The fourth-order valence-corrected chi connectivity index (χ4v) is 7.83. The van der Waals surface area contributed by atoms with Crippen molar-refractivity contribution in [1.82, 2.24) is 10.2 Å². The molecular formula is C37H38Cl3N3O4S. The highest BCUT2D eigenvalue weighted by Gasteiger charge is 2.35. The number of hydrogen-bond donors (Lipinski definition) is 1. The summed E-state index contributed by atoms with van der Waals surface area (Å²) >= 11 is 18.7. The summed E-state index contributed by atoms with van der Waals surface area (Å²) in [6, 6.07) is 26.3. The van der Waals surface area contributed by atoms with E-state index in [0.29, 0.717) is 26.3 Å². The number of hydrogen-bond acceptors (Lipinski definition) is 4. The monoisotopic (exact) mass is 725 g/mol. The van der Waals surface area contributed by atoms with Gasteiger partial charge in [0.2, 0.25) is 11.8 Å². The topological polar surface area (TPSA) is 86.8 Å². The molecule has 4 aromatic carbocycles. The normalized spacial score (nSPS) is 14.2. The molecule has 2 amide bonds. The Bertz CT molecular complexity index is 1830. The number of rotatable bonds is 12. The highest BCUT2D eigenvalue weighted by Crippen LogP contribution is 2.28. The average molecular weight is 727 g/mol. The Balaban J connectivity index is 1.57. The van der Waals surface area contributed by atoms with E-state index in [0.717, 1.165) is 47.5 Å². The maximum absolute atomic E-state index is 14.7. The predicted molar refractivity (Wildman–Crippen MR) is 193 cm³/mol. The van der Waals surface area contributed by atoms with Gasteiger partial charge in [-0.2, -0.15) is 0 Å². The zero-order chi connectivity index (χ0) is 34.3. The number of nitrogens with zero attached hydrogens (tertiary/aromatic N) is 2. The van der Waals surface area contributed by atoms with Crippen molar-refractivity contribution in [1.29, 1.82) is 0 Å². The van der Waals surface area contributed by atoms with Crippen LogP contribution in [0.15, 0.2) is 102 Å². The van der Waals surface area contributed by atoms with Gasteiger partial charge in [-0.15, -0.1) is 0 Å². The van der Waals surface area contributed by atoms with Gasteiger partial charge in [-0.25, -0.2) is 8.42 Å². The predicted octanol–water partition coefficient (Wildman–Crippen LogP) is 8.24. The molecule has 4 aromatic rings. The molecule has 0 bridgehead atoms. The Morgan fingerprint density at radius 1 is 0.812 bits per heavy atom. The molecule has 1 aliphatic rings. The highest BCUT2D eigenvalue weighted by atomic mass is 35.5. The van der Waals surface area contributed by atoms with E-state index < -0.39 is 28.5 Å². The van der Waals surface area contributed by atoms with Gasteiger partial charge in [0.25, 0.3) is 10.0 Å². The van der Waals surface area contributed by atoms with E-state index in [1.807, 2.05) is 43.3 Å². The van der Waals surface area contributed by atoms with Crippen molar-refractivity contribution in [2.45, 2.75) is 69.0 Å². The van der Waals surface area contributed by atoms with Crippen molar-refractivity contribution >= 4 is 62.3 Å². The third kappa shape index (κ3) is 9.11. The van der Waals surface area contributed by atoms with E-state index in [2.05, 4.69) is 5.32 Å². The summed E-state index contributed by atoms with van der Waals surface area (Å²) in [7, 11) is -4.24. The van der Waals surface area contributed by atoms with Gasteiger partial charge in [0.15, 0.2) is 0 Å². The van der Waals surface area contributed by atoms with Crippen LogP contribution in [0.3, 0.4) is 0 Å². The molecule has 1 N–H and O–H groups in total. The van der Waals surface area contributed by atoms with Crippen LogP contribution >= 0.6 is 34.8 Å². The Morgan fingerprint density at radius 2 is 1.52 bits per heavy atom. The third-order valence-corrected chi connectivity index (χ3v) is 11.3. The second-order valence-corrected chi connectivity index (χ2v) is 15.2. The summed E-state index contributed by atoms with van der Waals surface area (Å²) < 4.78 is 29.5. The first-order chi connectivity index (χ1) is 23.0. The van der Waals surface area contributed by atoms with Gasteiger partial charge in [-0.3, -0.25) is 13.9 Å². The first-order valence-corrected chi connectivity index (χ1v) is 18.5. The summed E-state index contributed by atoms with van der Waals surface area (Å²) in [6.07, 6.45) is 5.12. The minimum atomic E-state index is -4.24.